The van der Waals surface area contributed by atoms with Crippen LogP contribution in [0.15, 0.2) is 24.3 Å². The van der Waals surface area contributed by atoms with Crippen molar-refractivity contribution in [1.82, 2.24) is 5.32 Å². The molecule has 15 heavy (non-hydrogen) atoms. The minimum atomic E-state index is -0.325. The van der Waals surface area contributed by atoms with Crippen molar-refractivity contribution in [3.63, 3.8) is 0 Å². The van der Waals surface area contributed by atoms with Gasteiger partial charge in [-0.3, -0.25) is 4.79 Å². The molecule has 2 heterocycles. The molecule has 1 amide bonds. The molecule has 2 aliphatic heterocycles. The molecule has 1 spiro atoms. The molecule has 3 heteroatoms. The number of carbonyl (C=O) groups excluding carboxylic acids is 1. The van der Waals surface area contributed by atoms with E-state index in [1.54, 1.807) is 0 Å². The number of para-hydroxylation sites is 1. The molecule has 3 nitrogen and oxygen atoms in total. The summed E-state index contributed by atoms with van der Waals surface area (Å²) < 4.78 is 0. The minimum absolute atomic E-state index is 0.138. The standard InChI is InChI=1S/C12H14N2O/c15-11-12(6-3-7-13-12)8-9-4-1-2-5-10(9)14-11/h1-2,4-5,13H,3,6-8H2,(H,14,15)/t12-/m0/s1. The number of anilines is 1. The summed E-state index contributed by atoms with van der Waals surface area (Å²) in [6, 6.07) is 8.05. The highest BCUT2D eigenvalue weighted by atomic mass is 16.2. The van der Waals surface area contributed by atoms with Gasteiger partial charge in [0.15, 0.2) is 0 Å². The fourth-order valence-electron chi connectivity index (χ4n) is 2.59. The first-order chi connectivity index (χ1) is 7.30. The third-order valence-electron chi connectivity index (χ3n) is 3.44. The van der Waals surface area contributed by atoms with Gasteiger partial charge >= 0.3 is 0 Å². The Balaban J connectivity index is 2.02. The molecule has 0 bridgehead atoms. The van der Waals surface area contributed by atoms with Crippen LogP contribution in [0.3, 0.4) is 0 Å². The van der Waals surface area contributed by atoms with Crippen molar-refractivity contribution in [3.05, 3.63) is 29.8 Å². The Labute approximate surface area is 88.9 Å². The van der Waals surface area contributed by atoms with Crippen LogP contribution in [0.4, 0.5) is 5.69 Å². The summed E-state index contributed by atoms with van der Waals surface area (Å²) in [5.74, 6) is 0.138. The van der Waals surface area contributed by atoms with Crippen LogP contribution in [-0.4, -0.2) is 18.0 Å². The molecular formula is C12H14N2O. The van der Waals surface area contributed by atoms with E-state index >= 15 is 0 Å². The van der Waals surface area contributed by atoms with Crippen LogP contribution in [0, 0.1) is 0 Å². The lowest BCUT2D eigenvalue weighted by Gasteiger charge is -2.33. The lowest BCUT2D eigenvalue weighted by Crippen LogP contribution is -2.54. The lowest BCUT2D eigenvalue weighted by molar-refractivity contribution is -0.122. The average Bonchev–Trinajstić information content (AvgIpc) is 2.70. The highest BCUT2D eigenvalue weighted by Gasteiger charge is 2.43. The van der Waals surface area contributed by atoms with Crippen LogP contribution in [0.1, 0.15) is 18.4 Å². The van der Waals surface area contributed by atoms with Crippen LogP contribution in [0.2, 0.25) is 0 Å². The molecule has 3 rings (SSSR count). The molecule has 1 fully saturated rings. The fraction of sp³-hybridized carbons (Fsp3) is 0.417. The Morgan fingerprint density at radius 3 is 2.93 bits per heavy atom. The van der Waals surface area contributed by atoms with E-state index in [-0.39, 0.29) is 11.4 Å². The van der Waals surface area contributed by atoms with Gasteiger partial charge in [0, 0.05) is 12.1 Å². The summed E-state index contributed by atoms with van der Waals surface area (Å²) in [5, 5.41) is 6.34. The van der Waals surface area contributed by atoms with E-state index in [9.17, 15) is 4.79 Å². The van der Waals surface area contributed by atoms with Crippen molar-refractivity contribution in [1.29, 1.82) is 0 Å². The van der Waals surface area contributed by atoms with E-state index in [0.717, 1.165) is 31.5 Å². The molecule has 0 saturated carbocycles. The Morgan fingerprint density at radius 1 is 1.27 bits per heavy atom. The van der Waals surface area contributed by atoms with Crippen LogP contribution in [0.5, 0.6) is 0 Å². The van der Waals surface area contributed by atoms with Crippen molar-refractivity contribution in [2.75, 3.05) is 11.9 Å². The summed E-state index contributed by atoms with van der Waals surface area (Å²) >= 11 is 0. The van der Waals surface area contributed by atoms with E-state index in [0.29, 0.717) is 0 Å². The number of benzene rings is 1. The first-order valence-electron chi connectivity index (χ1n) is 5.45. The molecule has 1 saturated heterocycles. The summed E-state index contributed by atoms with van der Waals surface area (Å²) in [6.07, 6.45) is 2.87. The SMILES string of the molecule is O=C1Nc2ccccc2C[C@@]12CCCN2. The molecule has 0 aliphatic carbocycles. The van der Waals surface area contributed by atoms with Gasteiger partial charge in [-0.25, -0.2) is 0 Å². The Kier molecular flexibility index (Phi) is 1.83. The van der Waals surface area contributed by atoms with Crippen molar-refractivity contribution in [2.45, 2.75) is 24.8 Å². The number of rotatable bonds is 0. The van der Waals surface area contributed by atoms with E-state index in [1.165, 1.54) is 5.56 Å². The van der Waals surface area contributed by atoms with Crippen molar-refractivity contribution in [3.8, 4) is 0 Å². The van der Waals surface area contributed by atoms with Gasteiger partial charge in [0.1, 0.15) is 5.54 Å². The molecule has 1 aromatic carbocycles. The fourth-order valence-corrected chi connectivity index (χ4v) is 2.59. The minimum Gasteiger partial charge on any atom is -0.324 e. The molecule has 0 radical (unpaired) electrons. The Bertz CT molecular complexity index is 408. The monoisotopic (exact) mass is 202 g/mol. The lowest BCUT2D eigenvalue weighted by atomic mass is 9.84. The predicted molar refractivity (Wildman–Crippen MR) is 58.7 cm³/mol. The zero-order valence-electron chi connectivity index (χ0n) is 8.55. The predicted octanol–water partition coefficient (Wildman–Crippen LogP) is 1.30. The molecule has 78 valence electrons. The number of nitrogens with one attached hydrogen (secondary N) is 2. The topological polar surface area (TPSA) is 41.1 Å². The Hall–Kier alpha value is -1.35. The molecule has 1 atom stereocenters. The molecular weight excluding hydrogens is 188 g/mol. The molecule has 2 aliphatic rings. The second-order valence-corrected chi connectivity index (χ2v) is 4.40. The first kappa shape index (κ1) is 8.92. The quantitative estimate of drug-likeness (QED) is 0.666. The maximum absolute atomic E-state index is 12.0. The number of amides is 1. The van der Waals surface area contributed by atoms with Gasteiger partial charge in [-0.05, 0) is 31.0 Å². The van der Waals surface area contributed by atoms with Gasteiger partial charge in [0.25, 0.3) is 0 Å². The Morgan fingerprint density at radius 2 is 2.13 bits per heavy atom. The second kappa shape index (κ2) is 3.07. The van der Waals surface area contributed by atoms with Gasteiger partial charge in [0.2, 0.25) is 5.91 Å². The third-order valence-corrected chi connectivity index (χ3v) is 3.44. The maximum atomic E-state index is 12.0. The third kappa shape index (κ3) is 1.27. The number of carbonyl (C=O) groups is 1. The first-order valence-corrected chi connectivity index (χ1v) is 5.45. The van der Waals surface area contributed by atoms with Crippen LogP contribution in [-0.2, 0) is 11.2 Å². The highest BCUT2D eigenvalue weighted by molar-refractivity contribution is 6.01. The highest BCUT2D eigenvalue weighted by Crippen LogP contribution is 2.32. The van der Waals surface area contributed by atoms with E-state index in [1.807, 2.05) is 18.2 Å². The summed E-state index contributed by atoms with van der Waals surface area (Å²) in [4.78, 5) is 12.0. The van der Waals surface area contributed by atoms with Gasteiger partial charge in [-0.1, -0.05) is 18.2 Å². The van der Waals surface area contributed by atoms with Gasteiger partial charge in [-0.15, -0.1) is 0 Å². The molecule has 2 N–H and O–H groups in total. The largest absolute Gasteiger partial charge is 0.324 e. The zero-order valence-corrected chi connectivity index (χ0v) is 8.55. The number of hydrogen-bond donors (Lipinski definition) is 2. The van der Waals surface area contributed by atoms with E-state index in [4.69, 9.17) is 0 Å². The second-order valence-electron chi connectivity index (χ2n) is 4.40. The summed E-state index contributed by atoms with van der Waals surface area (Å²) in [6.45, 7) is 0.954. The van der Waals surface area contributed by atoms with E-state index < -0.39 is 0 Å². The maximum Gasteiger partial charge on any atom is 0.245 e. The van der Waals surface area contributed by atoms with Gasteiger partial charge in [-0.2, -0.15) is 0 Å². The van der Waals surface area contributed by atoms with Gasteiger partial charge in [0.05, 0.1) is 0 Å². The van der Waals surface area contributed by atoms with Crippen LogP contribution < -0.4 is 10.6 Å². The van der Waals surface area contributed by atoms with Crippen LogP contribution >= 0.6 is 0 Å². The summed E-state index contributed by atoms with van der Waals surface area (Å²) in [7, 11) is 0. The van der Waals surface area contributed by atoms with Crippen LogP contribution in [0.25, 0.3) is 0 Å². The molecule has 0 unspecified atom stereocenters. The average molecular weight is 202 g/mol. The zero-order chi connectivity index (χ0) is 10.3. The normalized spacial score (nSPS) is 28.9. The summed E-state index contributed by atoms with van der Waals surface area (Å²) in [5.41, 5.74) is 1.89. The van der Waals surface area contributed by atoms with Crippen molar-refractivity contribution < 1.29 is 4.79 Å². The van der Waals surface area contributed by atoms with Crippen molar-refractivity contribution in [2.24, 2.45) is 0 Å². The smallest absolute Gasteiger partial charge is 0.245 e. The number of hydrogen-bond acceptors (Lipinski definition) is 2. The van der Waals surface area contributed by atoms with Gasteiger partial charge < -0.3 is 10.6 Å². The number of fused-ring (bicyclic) bond motifs is 1. The molecule has 0 aromatic heterocycles. The van der Waals surface area contributed by atoms with E-state index in [2.05, 4.69) is 16.7 Å². The molecule has 1 aromatic rings. The van der Waals surface area contributed by atoms with Crippen molar-refractivity contribution >= 4 is 11.6 Å².